The Hall–Kier alpha value is -1.53. The standard InChI is InChI=1S/C21H25.C11H9.C3H6.2ClH.Zr/c1-20(2,3)16-9-7-14-11-15-8-10-17(21(4,5)6)13-19(15)18(14)12-16;1-2-6-10(7-3-1)11-8-4-5-9-11;1-3-2;;;/h7-13H,1-6H3;1-3,6-9H,4H2;1-2H3;2*1H;/q;;;;;+2/p-2. The summed E-state index contributed by atoms with van der Waals surface area (Å²) in [5.74, 6) is 0. The van der Waals surface area contributed by atoms with E-state index in [-0.39, 0.29) is 35.6 Å². The Balaban J connectivity index is 0.00000200. The van der Waals surface area contributed by atoms with Crippen molar-refractivity contribution in [3.63, 3.8) is 0 Å². The van der Waals surface area contributed by atoms with Gasteiger partial charge in [0, 0.05) is 0 Å². The van der Waals surface area contributed by atoms with Crippen molar-refractivity contribution in [1.29, 1.82) is 0 Å². The first kappa shape index (κ1) is 31.0. The molecule has 3 aromatic rings. The summed E-state index contributed by atoms with van der Waals surface area (Å²) in [5.41, 5.74) is 12.1. The molecule has 0 aliphatic heterocycles. The molecule has 0 saturated carbocycles. The van der Waals surface area contributed by atoms with Crippen LogP contribution in [0.3, 0.4) is 0 Å². The molecule has 2 aliphatic rings. The van der Waals surface area contributed by atoms with Gasteiger partial charge in [-0.1, -0.05) is 0 Å². The molecular formula is C35H40Cl2Zr. The fourth-order valence-electron chi connectivity index (χ4n) is 5.83. The Bertz CT molecular complexity index is 1360. The first-order valence-electron chi connectivity index (χ1n) is 13.4. The second kappa shape index (κ2) is 11.5. The molecule has 0 radical (unpaired) electrons. The van der Waals surface area contributed by atoms with Gasteiger partial charge in [-0.15, -0.1) is 0 Å². The van der Waals surface area contributed by atoms with Crippen LogP contribution in [0.25, 0.3) is 16.7 Å². The zero-order valence-electron chi connectivity index (χ0n) is 24.0. The van der Waals surface area contributed by atoms with Gasteiger partial charge in [0.1, 0.15) is 0 Å². The second-order valence-corrected chi connectivity index (χ2v) is 20.3. The molecule has 0 fully saturated rings. The molecule has 0 nitrogen and oxygen atoms in total. The molecule has 0 saturated heterocycles. The molecule has 0 unspecified atom stereocenters. The number of allylic oxidation sites excluding steroid dienone is 4. The molecule has 0 N–H and O–H groups in total. The van der Waals surface area contributed by atoms with Gasteiger partial charge in [0.2, 0.25) is 0 Å². The molecule has 0 atom stereocenters. The van der Waals surface area contributed by atoms with Gasteiger partial charge < -0.3 is 24.8 Å². The van der Waals surface area contributed by atoms with Gasteiger partial charge >= 0.3 is 227 Å². The minimum absolute atomic E-state index is 0. The second-order valence-electron chi connectivity index (χ2n) is 12.8. The molecule has 3 heteroatoms. The van der Waals surface area contributed by atoms with E-state index in [9.17, 15) is 0 Å². The predicted molar refractivity (Wildman–Crippen MR) is 155 cm³/mol. The number of rotatable bonds is 3. The fraction of sp³-hybridized carbons (Fsp3) is 0.343. The number of hydrogen-bond donors (Lipinski definition) is 0. The van der Waals surface area contributed by atoms with Crippen LogP contribution in [-0.4, -0.2) is 3.21 Å². The predicted octanol–water partition coefficient (Wildman–Crippen LogP) is 3.56. The van der Waals surface area contributed by atoms with Crippen LogP contribution in [-0.2, 0) is 32.1 Å². The van der Waals surface area contributed by atoms with Gasteiger partial charge in [-0.2, -0.15) is 0 Å². The van der Waals surface area contributed by atoms with Gasteiger partial charge in [0.15, 0.2) is 0 Å². The third-order valence-corrected chi connectivity index (χ3v) is 16.1. The zero-order valence-corrected chi connectivity index (χ0v) is 28.0. The van der Waals surface area contributed by atoms with Gasteiger partial charge in [-0.25, -0.2) is 0 Å². The summed E-state index contributed by atoms with van der Waals surface area (Å²) in [4.78, 5) is 0. The molecule has 198 valence electrons. The summed E-state index contributed by atoms with van der Waals surface area (Å²) < 4.78 is 3.98. The fourth-order valence-corrected chi connectivity index (χ4v) is 14.1. The van der Waals surface area contributed by atoms with E-state index in [1.54, 1.807) is 17.6 Å². The van der Waals surface area contributed by atoms with E-state index in [4.69, 9.17) is 0 Å². The van der Waals surface area contributed by atoms with Crippen LogP contribution < -0.4 is 24.8 Å². The van der Waals surface area contributed by atoms with Crippen LogP contribution in [0.2, 0.25) is 0 Å². The molecule has 3 aromatic carbocycles. The van der Waals surface area contributed by atoms with E-state index in [1.807, 2.05) is 0 Å². The van der Waals surface area contributed by atoms with E-state index >= 15 is 0 Å². The molecule has 5 rings (SSSR count). The monoisotopic (exact) mass is 620 g/mol. The number of fused-ring (bicyclic) bond motifs is 3. The van der Waals surface area contributed by atoms with E-state index in [2.05, 4.69) is 134 Å². The average Bonchev–Trinajstić information content (AvgIpc) is 3.42. The topological polar surface area (TPSA) is 0 Å². The van der Waals surface area contributed by atoms with Crippen LogP contribution in [0.4, 0.5) is 0 Å². The Morgan fingerprint density at radius 2 is 1.21 bits per heavy atom. The summed E-state index contributed by atoms with van der Waals surface area (Å²) in [7, 11) is 0. The molecular weight excluding hydrogens is 583 g/mol. The number of halogens is 2. The third kappa shape index (κ3) is 5.82. The summed E-state index contributed by atoms with van der Waals surface area (Å²) in [6, 6.07) is 25.7. The van der Waals surface area contributed by atoms with E-state index in [0.29, 0.717) is 3.63 Å². The van der Waals surface area contributed by atoms with Crippen LogP contribution in [0, 0.1) is 0 Å². The van der Waals surface area contributed by atoms with Crippen molar-refractivity contribution in [3.8, 4) is 11.1 Å². The molecule has 0 aromatic heterocycles. The summed E-state index contributed by atoms with van der Waals surface area (Å²) in [5, 5.41) is 0. The van der Waals surface area contributed by atoms with Crippen molar-refractivity contribution in [2.75, 3.05) is 0 Å². The molecule has 0 bridgehead atoms. The maximum Gasteiger partial charge on any atom is -1.00 e. The molecule has 38 heavy (non-hydrogen) atoms. The van der Waals surface area contributed by atoms with Crippen LogP contribution >= 0.6 is 0 Å². The van der Waals surface area contributed by atoms with Crippen molar-refractivity contribution in [2.45, 2.75) is 76.3 Å². The number of benzene rings is 3. The average molecular weight is 623 g/mol. The van der Waals surface area contributed by atoms with E-state index < -0.39 is 21.3 Å². The molecule has 0 amide bonds. The quantitative estimate of drug-likeness (QED) is 0.420. The van der Waals surface area contributed by atoms with Crippen LogP contribution in [0.15, 0.2) is 82.2 Å². The third-order valence-electron chi connectivity index (χ3n) is 7.90. The van der Waals surface area contributed by atoms with Crippen molar-refractivity contribution in [1.82, 2.24) is 0 Å². The van der Waals surface area contributed by atoms with Crippen molar-refractivity contribution in [2.24, 2.45) is 0 Å². The van der Waals surface area contributed by atoms with Gasteiger partial charge in [0.05, 0.1) is 0 Å². The molecule has 2 aliphatic carbocycles. The smallest absolute Gasteiger partial charge is 1.00 e. The van der Waals surface area contributed by atoms with E-state index in [1.165, 1.54) is 33.4 Å². The Morgan fingerprint density at radius 3 is 1.66 bits per heavy atom. The van der Waals surface area contributed by atoms with Crippen molar-refractivity contribution >= 4 is 8.78 Å². The first-order valence-corrected chi connectivity index (χ1v) is 17.3. The normalized spacial score (nSPS) is 14.3. The Morgan fingerprint density at radius 1 is 0.711 bits per heavy atom. The van der Waals surface area contributed by atoms with Gasteiger partial charge in [0.25, 0.3) is 0 Å². The minimum atomic E-state index is -2.20. The van der Waals surface area contributed by atoms with E-state index in [0.717, 1.165) is 6.42 Å². The van der Waals surface area contributed by atoms with Crippen LogP contribution in [0.5, 0.6) is 0 Å². The minimum Gasteiger partial charge on any atom is -1.00 e. The first-order chi connectivity index (χ1) is 16.9. The molecule has 0 heterocycles. The largest absolute Gasteiger partial charge is 1.00 e. The number of hydrogen-bond acceptors (Lipinski definition) is 0. The Kier molecular flexibility index (Phi) is 9.41. The summed E-state index contributed by atoms with van der Waals surface area (Å²) >= 11 is -2.20. The van der Waals surface area contributed by atoms with Crippen LogP contribution in [0.1, 0.15) is 93.3 Å². The summed E-state index contributed by atoms with van der Waals surface area (Å²) in [6.45, 7) is 18.8. The van der Waals surface area contributed by atoms with Crippen molar-refractivity contribution in [3.05, 3.63) is 110 Å². The summed E-state index contributed by atoms with van der Waals surface area (Å²) in [6.07, 6.45) is 6.14. The van der Waals surface area contributed by atoms with Crippen molar-refractivity contribution < 1.29 is 46.1 Å². The van der Waals surface area contributed by atoms with Gasteiger partial charge in [-0.05, 0) is 0 Å². The Labute approximate surface area is 250 Å². The maximum absolute atomic E-state index is 2.56. The molecule has 0 spiro atoms. The SMILES string of the molecule is C[C](C)=[Zr+2]([C]1=CC(c2ccccc2)=CC1)[CH]1c2ccc(C(C)(C)C)cc2-c2cc(C(C)(C)C)ccc21.[Cl-].[Cl-]. The van der Waals surface area contributed by atoms with Gasteiger partial charge in [-0.3, -0.25) is 0 Å². The maximum atomic E-state index is 2.56. The zero-order chi connectivity index (χ0) is 25.8.